The normalized spacial score (nSPS) is 20.9. The average Bonchev–Trinajstić information content (AvgIpc) is 3.24. The minimum absolute atomic E-state index is 0.176. The molecule has 0 radical (unpaired) electrons. The van der Waals surface area contributed by atoms with Gasteiger partial charge in [-0.25, -0.2) is 0 Å². The van der Waals surface area contributed by atoms with Gasteiger partial charge < -0.3 is 4.90 Å². The van der Waals surface area contributed by atoms with Crippen LogP contribution in [0, 0.1) is 0 Å². The second kappa shape index (κ2) is 5.59. The third-order valence-electron chi connectivity index (χ3n) is 5.03. The molecule has 114 valence electrons. The van der Waals surface area contributed by atoms with Crippen LogP contribution >= 0.6 is 0 Å². The number of carbonyl (C=O) groups is 1. The maximum absolute atomic E-state index is 12.7. The highest BCUT2D eigenvalue weighted by molar-refractivity contribution is 5.94. The predicted molar refractivity (Wildman–Crippen MR) is 84.9 cm³/mol. The fourth-order valence-electron chi connectivity index (χ4n) is 3.74. The Labute approximate surface area is 130 Å². The molecule has 1 aliphatic heterocycles. The molecule has 0 saturated carbocycles. The molecule has 1 aromatic heterocycles. The molecule has 0 spiro atoms. The van der Waals surface area contributed by atoms with E-state index in [-0.39, 0.29) is 5.91 Å². The molecule has 1 aromatic carbocycles. The van der Waals surface area contributed by atoms with E-state index < -0.39 is 0 Å². The molecule has 1 aliphatic carbocycles. The first-order valence-electron chi connectivity index (χ1n) is 8.21. The average molecular weight is 295 g/mol. The van der Waals surface area contributed by atoms with Crippen molar-refractivity contribution in [2.24, 2.45) is 0 Å². The van der Waals surface area contributed by atoms with Gasteiger partial charge in [0, 0.05) is 36.5 Å². The van der Waals surface area contributed by atoms with E-state index in [4.69, 9.17) is 0 Å². The van der Waals surface area contributed by atoms with E-state index in [0.717, 1.165) is 43.6 Å². The van der Waals surface area contributed by atoms with Crippen LogP contribution in [0.15, 0.2) is 30.5 Å². The summed E-state index contributed by atoms with van der Waals surface area (Å²) in [5.74, 6) is 0.569. The van der Waals surface area contributed by atoms with Crippen molar-refractivity contribution in [1.29, 1.82) is 0 Å². The lowest BCUT2D eigenvalue weighted by atomic mass is 9.90. The lowest BCUT2D eigenvalue weighted by molar-refractivity contribution is 0.0790. The van der Waals surface area contributed by atoms with Crippen molar-refractivity contribution in [3.05, 3.63) is 52.8 Å². The molecule has 1 atom stereocenters. The van der Waals surface area contributed by atoms with Gasteiger partial charge in [0.25, 0.3) is 5.91 Å². The highest BCUT2D eigenvalue weighted by Crippen LogP contribution is 2.28. The van der Waals surface area contributed by atoms with Crippen LogP contribution in [0.1, 0.15) is 52.4 Å². The van der Waals surface area contributed by atoms with Crippen LogP contribution in [-0.2, 0) is 12.8 Å². The monoisotopic (exact) mass is 295 g/mol. The summed E-state index contributed by atoms with van der Waals surface area (Å²) in [6, 6.07) is 8.30. The van der Waals surface area contributed by atoms with Crippen LogP contribution in [0.2, 0.25) is 0 Å². The molecule has 1 amide bonds. The van der Waals surface area contributed by atoms with E-state index in [1.807, 2.05) is 17.0 Å². The Kier molecular flexibility index (Phi) is 3.45. The summed E-state index contributed by atoms with van der Waals surface area (Å²) in [6.45, 7) is 1.62. The number of carbonyl (C=O) groups excluding carboxylic acids is 1. The first kappa shape index (κ1) is 13.6. The first-order valence-corrected chi connectivity index (χ1v) is 8.21. The summed E-state index contributed by atoms with van der Waals surface area (Å²) in [5.41, 5.74) is 4.80. The second-order valence-electron chi connectivity index (χ2n) is 6.44. The topological polar surface area (TPSA) is 49.0 Å². The van der Waals surface area contributed by atoms with Gasteiger partial charge in [0.05, 0.1) is 0 Å². The molecule has 1 fully saturated rings. The zero-order valence-corrected chi connectivity index (χ0v) is 12.7. The molecule has 1 N–H and O–H groups in total. The Morgan fingerprint density at radius 3 is 2.86 bits per heavy atom. The first-order chi connectivity index (χ1) is 10.8. The highest BCUT2D eigenvalue weighted by Gasteiger charge is 2.29. The van der Waals surface area contributed by atoms with Crippen molar-refractivity contribution in [3.8, 4) is 0 Å². The molecule has 4 rings (SSSR count). The Morgan fingerprint density at radius 1 is 1.18 bits per heavy atom. The number of aromatic nitrogens is 2. The molecule has 2 aromatic rings. The van der Waals surface area contributed by atoms with Gasteiger partial charge in [-0.15, -0.1) is 0 Å². The van der Waals surface area contributed by atoms with Crippen LogP contribution in [0.25, 0.3) is 0 Å². The number of aryl methyl sites for hydroxylation is 2. The molecule has 1 saturated heterocycles. The van der Waals surface area contributed by atoms with Gasteiger partial charge in [-0.05, 0) is 61.4 Å². The zero-order chi connectivity index (χ0) is 14.9. The second-order valence-corrected chi connectivity index (χ2v) is 6.44. The van der Waals surface area contributed by atoms with Gasteiger partial charge >= 0.3 is 0 Å². The summed E-state index contributed by atoms with van der Waals surface area (Å²) in [6.07, 6.45) is 7.60. The maximum atomic E-state index is 12.7. The molecule has 2 aliphatic rings. The summed E-state index contributed by atoms with van der Waals surface area (Å²) < 4.78 is 0. The standard InChI is InChI=1S/C18H21N3O/c22-18(15-6-5-13-3-1-2-4-14(13)11-15)21-10-8-16(12-21)17-7-9-19-20-17/h5-7,9,11,16H,1-4,8,10,12H2,(H,19,20)/t16-/m0/s1. The maximum Gasteiger partial charge on any atom is 0.253 e. The summed E-state index contributed by atoms with van der Waals surface area (Å²) in [5, 5.41) is 7.05. The van der Waals surface area contributed by atoms with E-state index in [2.05, 4.69) is 22.3 Å². The quantitative estimate of drug-likeness (QED) is 0.926. The minimum atomic E-state index is 0.176. The fraction of sp³-hybridized carbons (Fsp3) is 0.444. The Bertz CT molecular complexity index is 678. The van der Waals surface area contributed by atoms with Crippen molar-refractivity contribution >= 4 is 5.91 Å². The number of likely N-dealkylation sites (tertiary alicyclic amines) is 1. The van der Waals surface area contributed by atoms with E-state index in [1.54, 1.807) is 6.20 Å². The van der Waals surface area contributed by atoms with E-state index in [0.29, 0.717) is 5.92 Å². The highest BCUT2D eigenvalue weighted by atomic mass is 16.2. The zero-order valence-electron chi connectivity index (χ0n) is 12.7. The number of rotatable bonds is 2. The van der Waals surface area contributed by atoms with Gasteiger partial charge in [0.2, 0.25) is 0 Å². The van der Waals surface area contributed by atoms with E-state index >= 15 is 0 Å². The van der Waals surface area contributed by atoms with Crippen LogP contribution in [0.5, 0.6) is 0 Å². The summed E-state index contributed by atoms with van der Waals surface area (Å²) >= 11 is 0. The number of H-pyrrole nitrogens is 1. The third kappa shape index (κ3) is 2.43. The van der Waals surface area contributed by atoms with Gasteiger partial charge in [0.15, 0.2) is 0 Å². The fourth-order valence-corrected chi connectivity index (χ4v) is 3.74. The van der Waals surface area contributed by atoms with Crippen LogP contribution < -0.4 is 0 Å². The number of aromatic amines is 1. The van der Waals surface area contributed by atoms with Gasteiger partial charge in [-0.2, -0.15) is 5.10 Å². The van der Waals surface area contributed by atoms with Crippen molar-refractivity contribution in [3.63, 3.8) is 0 Å². The number of amides is 1. The lowest BCUT2D eigenvalue weighted by Gasteiger charge is -2.20. The third-order valence-corrected chi connectivity index (χ3v) is 5.03. The molecule has 4 nitrogen and oxygen atoms in total. The van der Waals surface area contributed by atoms with Gasteiger partial charge in [-0.3, -0.25) is 9.89 Å². The number of benzene rings is 1. The van der Waals surface area contributed by atoms with E-state index in [1.165, 1.54) is 24.0 Å². The molecule has 0 bridgehead atoms. The number of nitrogens with zero attached hydrogens (tertiary/aromatic N) is 2. The van der Waals surface area contributed by atoms with Crippen molar-refractivity contribution in [2.75, 3.05) is 13.1 Å². The minimum Gasteiger partial charge on any atom is -0.338 e. The summed E-state index contributed by atoms with van der Waals surface area (Å²) in [7, 11) is 0. The molecular weight excluding hydrogens is 274 g/mol. The smallest absolute Gasteiger partial charge is 0.253 e. The molecule has 0 unspecified atom stereocenters. The van der Waals surface area contributed by atoms with Gasteiger partial charge in [-0.1, -0.05) is 6.07 Å². The molecule has 4 heteroatoms. The van der Waals surface area contributed by atoms with Crippen LogP contribution in [0.4, 0.5) is 0 Å². The predicted octanol–water partition coefficient (Wildman–Crippen LogP) is 2.92. The Hall–Kier alpha value is -2.10. The molecule has 22 heavy (non-hydrogen) atoms. The Morgan fingerprint density at radius 2 is 2.05 bits per heavy atom. The van der Waals surface area contributed by atoms with E-state index in [9.17, 15) is 4.79 Å². The SMILES string of the molecule is O=C(c1ccc2c(c1)CCCC2)N1CC[C@H](c2ccn[nH]2)C1. The van der Waals surface area contributed by atoms with Crippen molar-refractivity contribution < 1.29 is 4.79 Å². The molecular formula is C18H21N3O. The lowest BCUT2D eigenvalue weighted by Crippen LogP contribution is -2.28. The number of hydrogen-bond donors (Lipinski definition) is 1. The van der Waals surface area contributed by atoms with Gasteiger partial charge in [0.1, 0.15) is 0 Å². The van der Waals surface area contributed by atoms with Crippen molar-refractivity contribution in [2.45, 2.75) is 38.0 Å². The summed E-state index contributed by atoms with van der Waals surface area (Å²) in [4.78, 5) is 14.7. The Balaban J connectivity index is 1.50. The van der Waals surface area contributed by atoms with Crippen molar-refractivity contribution in [1.82, 2.24) is 15.1 Å². The van der Waals surface area contributed by atoms with Crippen LogP contribution in [0.3, 0.4) is 0 Å². The number of hydrogen-bond acceptors (Lipinski definition) is 2. The number of nitrogens with one attached hydrogen (secondary N) is 1. The van der Waals surface area contributed by atoms with Crippen LogP contribution in [-0.4, -0.2) is 34.1 Å². The molecule has 2 heterocycles. The largest absolute Gasteiger partial charge is 0.338 e. The number of fused-ring (bicyclic) bond motifs is 1.